The van der Waals surface area contributed by atoms with Crippen molar-refractivity contribution in [2.75, 3.05) is 26.7 Å². The Labute approximate surface area is 117 Å². The molecule has 1 amide bonds. The molecule has 108 valence electrons. The van der Waals surface area contributed by atoms with Gasteiger partial charge in [-0.3, -0.25) is 4.79 Å². The smallest absolute Gasteiger partial charge is 0.224 e. The summed E-state index contributed by atoms with van der Waals surface area (Å²) < 4.78 is 5.58. The van der Waals surface area contributed by atoms with Gasteiger partial charge in [-0.25, -0.2) is 0 Å². The topological polar surface area (TPSA) is 55.6 Å². The number of nitrogens with two attached hydrogens (primary N) is 1. The molecule has 1 fully saturated rings. The quantitative estimate of drug-likeness (QED) is 0.834. The summed E-state index contributed by atoms with van der Waals surface area (Å²) in [6.07, 6.45) is 3.95. The van der Waals surface area contributed by atoms with Crippen molar-refractivity contribution in [1.29, 1.82) is 0 Å². The molecule has 0 radical (unpaired) electrons. The molecule has 1 aliphatic heterocycles. The Balaban J connectivity index is 0.00000289. The third-order valence-electron chi connectivity index (χ3n) is 3.32. The van der Waals surface area contributed by atoms with E-state index in [1.54, 1.807) is 4.90 Å². The predicted molar refractivity (Wildman–Crippen MR) is 75.9 cm³/mol. The second kappa shape index (κ2) is 7.97. The maximum atomic E-state index is 12.0. The maximum Gasteiger partial charge on any atom is 0.224 e. The molecule has 0 aromatic heterocycles. The number of amides is 1. The Morgan fingerprint density at radius 1 is 1.44 bits per heavy atom. The number of nitrogens with zero attached hydrogens (tertiary/aromatic N) is 1. The molecule has 5 heteroatoms. The molecular formula is C13H27ClN2O2. The van der Waals surface area contributed by atoms with Crippen LogP contribution in [0.2, 0.25) is 0 Å². The molecule has 0 aromatic rings. The average molecular weight is 279 g/mol. The fourth-order valence-corrected chi connectivity index (χ4v) is 2.11. The highest BCUT2D eigenvalue weighted by molar-refractivity contribution is 5.85. The molecule has 1 aliphatic rings. The number of ether oxygens (including phenoxy) is 1. The Hall–Kier alpha value is -0.320. The van der Waals surface area contributed by atoms with E-state index < -0.39 is 0 Å². The Kier molecular flexibility index (Phi) is 7.83. The van der Waals surface area contributed by atoms with Gasteiger partial charge in [0, 0.05) is 20.2 Å². The van der Waals surface area contributed by atoms with Crippen LogP contribution in [0.15, 0.2) is 0 Å². The van der Waals surface area contributed by atoms with Crippen molar-refractivity contribution in [2.45, 2.75) is 45.6 Å². The molecule has 1 saturated heterocycles. The van der Waals surface area contributed by atoms with Crippen molar-refractivity contribution < 1.29 is 9.53 Å². The van der Waals surface area contributed by atoms with E-state index in [4.69, 9.17) is 10.5 Å². The normalized spacial score (nSPS) is 20.1. The summed E-state index contributed by atoms with van der Waals surface area (Å²) in [5.41, 5.74) is 5.66. The average Bonchev–Trinajstić information content (AvgIpc) is 2.30. The number of hydrogen-bond acceptors (Lipinski definition) is 3. The predicted octanol–water partition coefficient (Wildman–Crippen LogP) is 1.81. The number of carbonyl (C=O) groups excluding carboxylic acids is 1. The van der Waals surface area contributed by atoms with Crippen molar-refractivity contribution in [1.82, 2.24) is 4.90 Å². The second-order valence-corrected chi connectivity index (χ2v) is 5.81. The molecule has 1 rings (SSSR count). The zero-order valence-corrected chi connectivity index (χ0v) is 12.6. The first-order valence-electron chi connectivity index (χ1n) is 6.50. The van der Waals surface area contributed by atoms with Gasteiger partial charge < -0.3 is 15.4 Å². The van der Waals surface area contributed by atoms with E-state index in [1.165, 1.54) is 6.42 Å². The van der Waals surface area contributed by atoms with Crippen molar-refractivity contribution in [2.24, 2.45) is 11.1 Å². The van der Waals surface area contributed by atoms with Gasteiger partial charge in [-0.2, -0.15) is 0 Å². The number of carbonyl (C=O) groups is 1. The summed E-state index contributed by atoms with van der Waals surface area (Å²) in [7, 11) is 1.85. The molecule has 0 saturated carbocycles. The minimum Gasteiger partial charge on any atom is -0.378 e. The van der Waals surface area contributed by atoms with Gasteiger partial charge in [-0.05, 0) is 31.2 Å². The third kappa shape index (κ3) is 6.03. The largest absolute Gasteiger partial charge is 0.378 e. The molecule has 0 bridgehead atoms. The van der Waals surface area contributed by atoms with Crippen molar-refractivity contribution in [3.8, 4) is 0 Å². The van der Waals surface area contributed by atoms with E-state index in [0.717, 1.165) is 19.4 Å². The lowest BCUT2D eigenvalue weighted by Gasteiger charge is -2.30. The molecule has 0 aromatic carbocycles. The standard InChI is InChI=1S/C13H26N2O2.ClH/c1-13(2,9-14)10-15(3)12(16)8-11-6-4-5-7-17-11;/h11H,4-10,14H2,1-3H3;1H. The van der Waals surface area contributed by atoms with Crippen LogP contribution >= 0.6 is 12.4 Å². The van der Waals surface area contributed by atoms with E-state index in [-0.39, 0.29) is 29.8 Å². The van der Waals surface area contributed by atoms with E-state index in [0.29, 0.717) is 19.5 Å². The van der Waals surface area contributed by atoms with Gasteiger partial charge in [-0.15, -0.1) is 12.4 Å². The summed E-state index contributed by atoms with van der Waals surface area (Å²) in [5.74, 6) is 0.165. The van der Waals surface area contributed by atoms with Crippen LogP contribution in [0.5, 0.6) is 0 Å². The summed E-state index contributed by atoms with van der Waals surface area (Å²) in [5, 5.41) is 0. The Bertz CT molecular complexity index is 253. The van der Waals surface area contributed by atoms with Gasteiger partial charge in [0.25, 0.3) is 0 Å². The minimum absolute atomic E-state index is 0. The lowest BCUT2D eigenvalue weighted by atomic mass is 9.93. The van der Waals surface area contributed by atoms with E-state index >= 15 is 0 Å². The zero-order valence-electron chi connectivity index (χ0n) is 11.8. The minimum atomic E-state index is -0.0160. The first-order valence-corrected chi connectivity index (χ1v) is 6.50. The monoisotopic (exact) mass is 278 g/mol. The molecule has 0 spiro atoms. The summed E-state index contributed by atoms with van der Waals surface area (Å²) >= 11 is 0. The van der Waals surface area contributed by atoms with Crippen molar-refractivity contribution >= 4 is 18.3 Å². The summed E-state index contributed by atoms with van der Waals surface area (Å²) in [4.78, 5) is 13.8. The van der Waals surface area contributed by atoms with E-state index in [1.807, 2.05) is 7.05 Å². The van der Waals surface area contributed by atoms with E-state index in [9.17, 15) is 4.79 Å². The molecule has 1 atom stereocenters. The van der Waals surface area contributed by atoms with Crippen LogP contribution < -0.4 is 5.73 Å². The number of hydrogen-bond donors (Lipinski definition) is 1. The second-order valence-electron chi connectivity index (χ2n) is 5.81. The zero-order chi connectivity index (χ0) is 12.9. The van der Waals surface area contributed by atoms with Gasteiger partial charge in [0.05, 0.1) is 12.5 Å². The van der Waals surface area contributed by atoms with Crippen LogP contribution in [-0.4, -0.2) is 43.7 Å². The van der Waals surface area contributed by atoms with Crippen LogP contribution in [0, 0.1) is 5.41 Å². The SMILES string of the molecule is CN(CC(C)(C)CN)C(=O)CC1CCCCO1.Cl. The molecule has 18 heavy (non-hydrogen) atoms. The van der Waals surface area contributed by atoms with Crippen LogP contribution in [0.1, 0.15) is 39.5 Å². The highest BCUT2D eigenvalue weighted by Crippen LogP contribution is 2.18. The number of rotatable bonds is 5. The van der Waals surface area contributed by atoms with Gasteiger partial charge in [0.1, 0.15) is 0 Å². The van der Waals surface area contributed by atoms with Crippen molar-refractivity contribution in [3.05, 3.63) is 0 Å². The summed E-state index contributed by atoms with van der Waals surface area (Å²) in [6.45, 7) is 6.25. The molecule has 4 nitrogen and oxygen atoms in total. The van der Waals surface area contributed by atoms with Crippen LogP contribution in [0.3, 0.4) is 0 Å². The molecule has 2 N–H and O–H groups in total. The summed E-state index contributed by atoms with van der Waals surface area (Å²) in [6, 6.07) is 0. The van der Waals surface area contributed by atoms with Gasteiger partial charge in [-0.1, -0.05) is 13.8 Å². The first-order chi connectivity index (χ1) is 7.94. The highest BCUT2D eigenvalue weighted by atomic mass is 35.5. The van der Waals surface area contributed by atoms with Gasteiger partial charge >= 0.3 is 0 Å². The maximum absolute atomic E-state index is 12.0. The first kappa shape index (κ1) is 17.7. The van der Waals surface area contributed by atoms with Gasteiger partial charge in [0.2, 0.25) is 5.91 Å². The fraction of sp³-hybridized carbons (Fsp3) is 0.923. The Morgan fingerprint density at radius 2 is 2.11 bits per heavy atom. The molecule has 1 unspecified atom stereocenters. The molecule has 0 aliphatic carbocycles. The fourth-order valence-electron chi connectivity index (χ4n) is 2.11. The molecule has 1 heterocycles. The highest BCUT2D eigenvalue weighted by Gasteiger charge is 2.24. The molecular weight excluding hydrogens is 252 g/mol. The van der Waals surface area contributed by atoms with E-state index in [2.05, 4.69) is 13.8 Å². The van der Waals surface area contributed by atoms with Crippen LogP contribution in [-0.2, 0) is 9.53 Å². The lowest BCUT2D eigenvalue weighted by molar-refractivity contribution is -0.135. The Morgan fingerprint density at radius 3 is 2.61 bits per heavy atom. The lowest BCUT2D eigenvalue weighted by Crippen LogP contribution is -2.41. The van der Waals surface area contributed by atoms with Crippen LogP contribution in [0.25, 0.3) is 0 Å². The van der Waals surface area contributed by atoms with Gasteiger partial charge in [0.15, 0.2) is 0 Å². The third-order valence-corrected chi connectivity index (χ3v) is 3.32. The number of halogens is 1. The van der Waals surface area contributed by atoms with Crippen molar-refractivity contribution in [3.63, 3.8) is 0 Å². The van der Waals surface area contributed by atoms with Crippen LogP contribution in [0.4, 0.5) is 0 Å².